The first-order chi connectivity index (χ1) is 13.8. The first-order valence-corrected chi connectivity index (χ1v) is 10.7. The van der Waals surface area contributed by atoms with E-state index in [2.05, 4.69) is 39.5 Å². The third-order valence-electron chi connectivity index (χ3n) is 5.03. The average molecular weight is 392 g/mol. The van der Waals surface area contributed by atoms with Crippen LogP contribution in [0.3, 0.4) is 0 Å². The lowest BCUT2D eigenvalue weighted by molar-refractivity contribution is -0.121. The molecule has 1 atom stereocenters. The van der Waals surface area contributed by atoms with Gasteiger partial charge in [-0.15, -0.1) is 11.3 Å². The molecule has 2 aromatic carbocycles. The molecule has 1 fully saturated rings. The molecule has 144 valence electrons. The minimum absolute atomic E-state index is 0.0662. The van der Waals surface area contributed by atoms with Crippen LogP contribution in [0.4, 0.5) is 0 Å². The minimum Gasteiger partial charge on any atom is -0.352 e. The van der Waals surface area contributed by atoms with E-state index >= 15 is 0 Å². The predicted molar refractivity (Wildman–Crippen MR) is 114 cm³/mol. The highest BCUT2D eigenvalue weighted by atomic mass is 32.1. The molecule has 0 spiro atoms. The summed E-state index contributed by atoms with van der Waals surface area (Å²) < 4.78 is 0. The Balaban J connectivity index is 1.29. The molecule has 0 bridgehead atoms. The van der Waals surface area contributed by atoms with Crippen LogP contribution in [0.25, 0.3) is 10.6 Å². The Morgan fingerprint density at radius 2 is 1.86 bits per heavy atom. The van der Waals surface area contributed by atoms with Crippen molar-refractivity contribution in [3.05, 3.63) is 77.3 Å². The van der Waals surface area contributed by atoms with Gasteiger partial charge in [0.25, 0.3) is 0 Å². The fourth-order valence-corrected chi connectivity index (χ4v) is 4.53. The van der Waals surface area contributed by atoms with E-state index < -0.39 is 0 Å². The summed E-state index contributed by atoms with van der Waals surface area (Å²) in [6, 6.07) is 20.9. The third-order valence-corrected chi connectivity index (χ3v) is 5.97. The van der Waals surface area contributed by atoms with E-state index in [0.717, 1.165) is 48.7 Å². The maximum atomic E-state index is 12.5. The maximum Gasteiger partial charge on any atom is 0.226 e. The second-order valence-electron chi connectivity index (χ2n) is 7.31. The van der Waals surface area contributed by atoms with Gasteiger partial charge in [-0.1, -0.05) is 60.7 Å². The van der Waals surface area contributed by atoms with Crippen molar-refractivity contribution in [1.82, 2.24) is 15.2 Å². The van der Waals surface area contributed by atoms with Gasteiger partial charge in [0, 0.05) is 30.1 Å². The zero-order valence-electron chi connectivity index (χ0n) is 15.9. The van der Waals surface area contributed by atoms with E-state index in [1.54, 1.807) is 11.3 Å². The van der Waals surface area contributed by atoms with Gasteiger partial charge in [0.15, 0.2) is 0 Å². The number of hydrogen-bond donors (Lipinski definition) is 1. The molecule has 1 aliphatic rings. The first kappa shape index (κ1) is 18.8. The smallest absolute Gasteiger partial charge is 0.226 e. The number of thiazole rings is 1. The van der Waals surface area contributed by atoms with Gasteiger partial charge in [-0.05, 0) is 24.9 Å². The number of piperidine rings is 1. The van der Waals surface area contributed by atoms with Crippen LogP contribution in [0.15, 0.2) is 66.0 Å². The van der Waals surface area contributed by atoms with Gasteiger partial charge in [0.1, 0.15) is 5.01 Å². The fraction of sp³-hybridized carbons (Fsp3) is 0.304. The maximum absolute atomic E-state index is 12.5. The van der Waals surface area contributed by atoms with Crippen molar-refractivity contribution < 1.29 is 4.79 Å². The molecule has 1 aromatic heterocycles. The van der Waals surface area contributed by atoms with Gasteiger partial charge in [0.2, 0.25) is 5.91 Å². The molecular weight excluding hydrogens is 366 g/mol. The molecule has 1 amide bonds. The van der Waals surface area contributed by atoms with E-state index in [9.17, 15) is 4.79 Å². The molecule has 5 heteroatoms. The Hall–Kier alpha value is -2.50. The molecule has 28 heavy (non-hydrogen) atoms. The van der Waals surface area contributed by atoms with Crippen LogP contribution in [0, 0.1) is 0 Å². The number of nitrogens with one attached hydrogen (secondary N) is 1. The van der Waals surface area contributed by atoms with Crippen molar-refractivity contribution in [3.8, 4) is 10.6 Å². The lowest BCUT2D eigenvalue weighted by atomic mass is 10.0. The molecular formula is C23H25N3OS. The molecule has 3 aromatic rings. The monoisotopic (exact) mass is 391 g/mol. The highest BCUT2D eigenvalue weighted by Crippen LogP contribution is 2.23. The number of amides is 1. The van der Waals surface area contributed by atoms with Crippen LogP contribution >= 0.6 is 11.3 Å². The summed E-state index contributed by atoms with van der Waals surface area (Å²) >= 11 is 1.59. The number of aromatic nitrogens is 1. The quantitative estimate of drug-likeness (QED) is 0.687. The number of likely N-dealkylation sites (tertiary alicyclic amines) is 1. The summed E-state index contributed by atoms with van der Waals surface area (Å²) in [6.07, 6.45) is 2.51. The van der Waals surface area contributed by atoms with Crippen LogP contribution in [-0.4, -0.2) is 34.9 Å². The van der Waals surface area contributed by atoms with Gasteiger partial charge in [-0.2, -0.15) is 0 Å². The molecule has 2 heterocycles. The summed E-state index contributed by atoms with van der Waals surface area (Å²) in [5.74, 6) is 0.0662. The summed E-state index contributed by atoms with van der Waals surface area (Å²) in [5.41, 5.74) is 3.27. The Morgan fingerprint density at radius 3 is 2.64 bits per heavy atom. The molecule has 0 radical (unpaired) electrons. The largest absolute Gasteiger partial charge is 0.352 e. The summed E-state index contributed by atoms with van der Waals surface area (Å²) in [7, 11) is 0. The van der Waals surface area contributed by atoms with E-state index in [1.165, 1.54) is 5.56 Å². The molecule has 1 N–H and O–H groups in total. The highest BCUT2D eigenvalue weighted by Gasteiger charge is 2.21. The molecule has 0 aliphatic carbocycles. The van der Waals surface area contributed by atoms with Crippen molar-refractivity contribution in [3.63, 3.8) is 0 Å². The van der Waals surface area contributed by atoms with Crippen LogP contribution < -0.4 is 5.32 Å². The Kier molecular flexibility index (Phi) is 6.14. The second kappa shape index (κ2) is 9.13. The molecule has 1 saturated heterocycles. The summed E-state index contributed by atoms with van der Waals surface area (Å²) in [5, 5.41) is 6.17. The van der Waals surface area contributed by atoms with Crippen molar-refractivity contribution in [1.29, 1.82) is 0 Å². The fourth-order valence-electron chi connectivity index (χ4n) is 3.70. The van der Waals surface area contributed by atoms with Gasteiger partial charge < -0.3 is 5.32 Å². The molecule has 4 rings (SSSR count). The van der Waals surface area contributed by atoms with Gasteiger partial charge >= 0.3 is 0 Å². The number of hydrogen-bond acceptors (Lipinski definition) is 4. The Labute approximate surface area is 170 Å². The Morgan fingerprint density at radius 1 is 1.11 bits per heavy atom. The summed E-state index contributed by atoms with van der Waals surface area (Å²) in [4.78, 5) is 19.6. The van der Waals surface area contributed by atoms with Crippen LogP contribution in [-0.2, 0) is 17.8 Å². The van der Waals surface area contributed by atoms with Gasteiger partial charge in [-0.3, -0.25) is 9.69 Å². The standard InChI is InChI=1S/C23H25N3OS/c27-22(14-21-17-28-23(25-21)19-10-5-2-6-11-19)24-20-12-7-13-26(16-20)15-18-8-3-1-4-9-18/h1-6,8-11,17,20H,7,12-16H2,(H,24,27). The van der Waals surface area contributed by atoms with E-state index in [-0.39, 0.29) is 11.9 Å². The van der Waals surface area contributed by atoms with Gasteiger partial charge in [0.05, 0.1) is 12.1 Å². The average Bonchev–Trinajstić information content (AvgIpc) is 3.18. The number of rotatable bonds is 6. The number of nitrogens with zero attached hydrogens (tertiary/aromatic N) is 2. The van der Waals surface area contributed by atoms with E-state index in [0.29, 0.717) is 6.42 Å². The lowest BCUT2D eigenvalue weighted by Gasteiger charge is -2.33. The van der Waals surface area contributed by atoms with E-state index in [1.807, 2.05) is 41.8 Å². The van der Waals surface area contributed by atoms with Crippen molar-refractivity contribution in [2.45, 2.75) is 31.8 Å². The first-order valence-electron chi connectivity index (χ1n) is 9.82. The predicted octanol–water partition coefficient (Wildman–Crippen LogP) is 4.13. The van der Waals surface area contributed by atoms with Crippen molar-refractivity contribution in [2.75, 3.05) is 13.1 Å². The lowest BCUT2D eigenvalue weighted by Crippen LogP contribution is -2.47. The zero-order valence-corrected chi connectivity index (χ0v) is 16.7. The SMILES string of the molecule is O=C(Cc1csc(-c2ccccc2)n1)NC1CCCN(Cc2ccccc2)C1. The molecule has 1 unspecified atom stereocenters. The normalized spacial score (nSPS) is 17.4. The zero-order chi connectivity index (χ0) is 19.2. The van der Waals surface area contributed by atoms with Gasteiger partial charge in [-0.25, -0.2) is 4.98 Å². The van der Waals surface area contributed by atoms with E-state index in [4.69, 9.17) is 0 Å². The molecule has 4 nitrogen and oxygen atoms in total. The number of carbonyl (C=O) groups excluding carboxylic acids is 1. The number of carbonyl (C=O) groups is 1. The highest BCUT2D eigenvalue weighted by molar-refractivity contribution is 7.13. The minimum atomic E-state index is 0.0662. The molecule has 1 aliphatic heterocycles. The summed E-state index contributed by atoms with van der Waals surface area (Å²) in [6.45, 7) is 2.94. The second-order valence-corrected chi connectivity index (χ2v) is 8.17. The van der Waals surface area contributed by atoms with Crippen LogP contribution in [0.2, 0.25) is 0 Å². The van der Waals surface area contributed by atoms with Crippen LogP contribution in [0.1, 0.15) is 24.1 Å². The van der Waals surface area contributed by atoms with Crippen molar-refractivity contribution >= 4 is 17.2 Å². The van der Waals surface area contributed by atoms with Crippen LogP contribution in [0.5, 0.6) is 0 Å². The topological polar surface area (TPSA) is 45.2 Å². The molecule has 0 saturated carbocycles. The Bertz CT molecular complexity index is 894. The third kappa shape index (κ3) is 5.06. The van der Waals surface area contributed by atoms with Crippen molar-refractivity contribution in [2.24, 2.45) is 0 Å². The number of benzene rings is 2.